The van der Waals surface area contributed by atoms with Crippen LogP contribution in [0.15, 0.2) is 0 Å². The van der Waals surface area contributed by atoms with Gasteiger partial charge in [-0.2, -0.15) is 0 Å². The Kier molecular flexibility index (Phi) is 3.41. The molecule has 8 nitrogen and oxygen atoms in total. The van der Waals surface area contributed by atoms with E-state index in [0.29, 0.717) is 0 Å². The Bertz CT molecular complexity index is 589. The number of amides is 1. The van der Waals surface area contributed by atoms with Crippen molar-refractivity contribution in [1.29, 1.82) is 0 Å². The molecule has 4 heterocycles. The first-order valence-corrected chi connectivity index (χ1v) is 8.31. The minimum absolute atomic E-state index is 0.0570. The van der Waals surface area contributed by atoms with Gasteiger partial charge in [0.15, 0.2) is 29.2 Å². The summed E-state index contributed by atoms with van der Waals surface area (Å²) < 4.78 is 29.8. The summed E-state index contributed by atoms with van der Waals surface area (Å²) in [6, 6.07) is 0. The Hall–Kier alpha value is -1.06. The molecule has 0 radical (unpaired) electrons. The van der Waals surface area contributed by atoms with Gasteiger partial charge in [0.05, 0.1) is 6.54 Å². The highest BCUT2D eigenvalue weighted by Crippen LogP contribution is 2.48. The maximum absolute atomic E-state index is 12.9. The van der Waals surface area contributed by atoms with E-state index in [-0.39, 0.29) is 31.1 Å². The van der Waals surface area contributed by atoms with Crippen molar-refractivity contribution >= 4 is 11.7 Å². The fourth-order valence-electron chi connectivity index (χ4n) is 4.04. The number of hydrogen-bond donors (Lipinski definition) is 1. The Morgan fingerprint density at radius 2 is 1.67 bits per heavy atom. The first-order chi connectivity index (χ1) is 11.1. The molecule has 0 aromatic rings. The second-order valence-corrected chi connectivity index (χ2v) is 7.70. The number of nitrogens with one attached hydrogen (secondary N) is 1. The van der Waals surface area contributed by atoms with E-state index in [1.807, 2.05) is 0 Å². The van der Waals surface area contributed by atoms with Crippen LogP contribution < -0.4 is 5.32 Å². The van der Waals surface area contributed by atoms with Crippen LogP contribution in [0, 0.1) is 0 Å². The molecule has 4 saturated heterocycles. The van der Waals surface area contributed by atoms with Crippen molar-refractivity contribution in [3.63, 3.8) is 0 Å². The van der Waals surface area contributed by atoms with Crippen molar-refractivity contribution in [2.45, 2.75) is 82.3 Å². The molecule has 0 bridgehead atoms. The summed E-state index contributed by atoms with van der Waals surface area (Å²) in [4.78, 5) is 24.6. The standard InChI is InChI=1S/C16H23NO7/c1-14(2)22-11-10-12(20-13(11)23-14)16(24-15(3,4)21-10)7-17-9(19)6-5-8(16)18/h10-13H,5-7H2,1-4H3,(H,17,19)/t10-,11-,12+,13-,16-/m1/s1. The van der Waals surface area contributed by atoms with E-state index in [9.17, 15) is 9.59 Å². The van der Waals surface area contributed by atoms with Crippen molar-refractivity contribution in [2.24, 2.45) is 0 Å². The molecule has 8 heteroatoms. The molecule has 1 spiro atoms. The number of hydrogen-bond acceptors (Lipinski definition) is 7. The molecule has 0 saturated carbocycles. The van der Waals surface area contributed by atoms with E-state index < -0.39 is 41.8 Å². The van der Waals surface area contributed by atoms with E-state index >= 15 is 0 Å². The van der Waals surface area contributed by atoms with Crippen LogP contribution in [-0.4, -0.2) is 60.0 Å². The second-order valence-electron chi connectivity index (χ2n) is 7.70. The maximum atomic E-state index is 12.9. The number of fused-ring (bicyclic) bond motifs is 4. The molecular weight excluding hydrogens is 318 g/mol. The summed E-state index contributed by atoms with van der Waals surface area (Å²) >= 11 is 0. The lowest BCUT2D eigenvalue weighted by molar-refractivity contribution is -0.363. The van der Waals surface area contributed by atoms with Gasteiger partial charge in [-0.05, 0) is 27.7 Å². The van der Waals surface area contributed by atoms with Gasteiger partial charge in [-0.1, -0.05) is 0 Å². The lowest BCUT2D eigenvalue weighted by atomic mass is 9.84. The molecule has 1 amide bonds. The predicted octanol–water partition coefficient (Wildman–Crippen LogP) is 0.232. The van der Waals surface area contributed by atoms with E-state index in [1.54, 1.807) is 27.7 Å². The van der Waals surface area contributed by atoms with Gasteiger partial charge in [0.1, 0.15) is 18.3 Å². The number of carbonyl (C=O) groups excluding carboxylic acids is 2. The Balaban J connectivity index is 1.71. The zero-order valence-corrected chi connectivity index (χ0v) is 14.3. The van der Waals surface area contributed by atoms with Gasteiger partial charge in [0, 0.05) is 12.8 Å². The molecule has 0 aliphatic carbocycles. The van der Waals surface area contributed by atoms with Crippen molar-refractivity contribution < 1.29 is 33.3 Å². The highest BCUT2D eigenvalue weighted by molar-refractivity contribution is 5.94. The van der Waals surface area contributed by atoms with Gasteiger partial charge in [-0.25, -0.2) is 0 Å². The van der Waals surface area contributed by atoms with Crippen LogP contribution in [0.3, 0.4) is 0 Å². The van der Waals surface area contributed by atoms with E-state index in [1.165, 1.54) is 0 Å². The lowest BCUT2D eigenvalue weighted by Gasteiger charge is -2.49. The summed E-state index contributed by atoms with van der Waals surface area (Å²) in [5.74, 6) is -2.12. The van der Waals surface area contributed by atoms with Gasteiger partial charge < -0.3 is 29.0 Å². The highest BCUT2D eigenvalue weighted by Gasteiger charge is 2.68. The Morgan fingerprint density at radius 3 is 2.42 bits per heavy atom. The first-order valence-electron chi connectivity index (χ1n) is 8.31. The molecule has 134 valence electrons. The smallest absolute Gasteiger partial charge is 0.220 e. The first kappa shape index (κ1) is 16.4. The van der Waals surface area contributed by atoms with Crippen LogP contribution in [0.5, 0.6) is 0 Å². The number of Topliss-reactive ketones (excluding diaryl/α,β-unsaturated/α-hetero) is 1. The number of ether oxygens (including phenoxy) is 5. The van der Waals surface area contributed by atoms with Crippen molar-refractivity contribution in [3.8, 4) is 0 Å². The average molecular weight is 341 g/mol. The molecule has 0 unspecified atom stereocenters. The molecule has 0 aromatic heterocycles. The normalized spacial score (nSPS) is 46.3. The van der Waals surface area contributed by atoms with Crippen LogP contribution in [0.25, 0.3) is 0 Å². The van der Waals surface area contributed by atoms with Crippen molar-refractivity contribution in [1.82, 2.24) is 5.32 Å². The van der Waals surface area contributed by atoms with Gasteiger partial charge in [0.2, 0.25) is 5.91 Å². The summed E-state index contributed by atoms with van der Waals surface area (Å²) in [5.41, 5.74) is -1.29. The number of ketones is 1. The number of carbonyl (C=O) groups is 2. The molecule has 4 aliphatic heterocycles. The Morgan fingerprint density at radius 1 is 0.958 bits per heavy atom. The third kappa shape index (κ3) is 2.40. The molecule has 4 fully saturated rings. The van der Waals surface area contributed by atoms with Gasteiger partial charge in [0.25, 0.3) is 0 Å². The molecule has 5 atom stereocenters. The van der Waals surface area contributed by atoms with Gasteiger partial charge >= 0.3 is 0 Å². The average Bonchev–Trinajstić information content (AvgIpc) is 2.89. The van der Waals surface area contributed by atoms with Gasteiger partial charge in [-0.3, -0.25) is 9.59 Å². The topological polar surface area (TPSA) is 92.3 Å². The Labute approximate surface area is 140 Å². The van der Waals surface area contributed by atoms with Crippen molar-refractivity contribution in [3.05, 3.63) is 0 Å². The third-order valence-corrected chi connectivity index (χ3v) is 4.90. The molecule has 4 aliphatic rings. The minimum atomic E-state index is -1.29. The minimum Gasteiger partial charge on any atom is -0.353 e. The van der Waals surface area contributed by atoms with E-state index in [0.717, 1.165) is 0 Å². The van der Waals surface area contributed by atoms with Crippen LogP contribution in [0.1, 0.15) is 40.5 Å². The largest absolute Gasteiger partial charge is 0.353 e. The summed E-state index contributed by atoms with van der Waals surface area (Å²) in [6.45, 7) is 7.17. The van der Waals surface area contributed by atoms with Crippen LogP contribution >= 0.6 is 0 Å². The monoisotopic (exact) mass is 341 g/mol. The summed E-state index contributed by atoms with van der Waals surface area (Å²) in [7, 11) is 0. The van der Waals surface area contributed by atoms with Gasteiger partial charge in [-0.15, -0.1) is 0 Å². The fraction of sp³-hybridized carbons (Fsp3) is 0.875. The molecule has 24 heavy (non-hydrogen) atoms. The van der Waals surface area contributed by atoms with Crippen molar-refractivity contribution in [2.75, 3.05) is 6.54 Å². The number of rotatable bonds is 0. The zero-order valence-electron chi connectivity index (χ0n) is 14.3. The fourth-order valence-corrected chi connectivity index (χ4v) is 4.04. The quantitative estimate of drug-likeness (QED) is 0.674. The molecule has 0 aromatic carbocycles. The van der Waals surface area contributed by atoms with Crippen LogP contribution in [0.4, 0.5) is 0 Å². The third-order valence-electron chi connectivity index (χ3n) is 4.90. The second kappa shape index (κ2) is 4.98. The van der Waals surface area contributed by atoms with E-state index in [2.05, 4.69) is 5.32 Å². The predicted molar refractivity (Wildman–Crippen MR) is 78.7 cm³/mol. The summed E-state index contributed by atoms with van der Waals surface area (Å²) in [6.07, 6.45) is -2.03. The lowest BCUT2D eigenvalue weighted by Crippen LogP contribution is -2.69. The molecule has 4 rings (SSSR count). The maximum Gasteiger partial charge on any atom is 0.220 e. The van der Waals surface area contributed by atoms with Crippen LogP contribution in [-0.2, 0) is 33.3 Å². The van der Waals surface area contributed by atoms with E-state index in [4.69, 9.17) is 23.7 Å². The van der Waals surface area contributed by atoms with Crippen LogP contribution in [0.2, 0.25) is 0 Å². The summed E-state index contributed by atoms with van der Waals surface area (Å²) in [5, 5.41) is 2.77. The zero-order chi connectivity index (χ0) is 17.3. The molecule has 1 N–H and O–H groups in total. The molecular formula is C16H23NO7. The SMILES string of the molecule is CC1(C)O[C@H]2O[C@H]3[C@H](OC(C)(C)O[C@@]34CNC(=O)CCC4=O)[C@H]2O1. The highest BCUT2D eigenvalue weighted by atomic mass is 16.9.